The van der Waals surface area contributed by atoms with Crippen LogP contribution in [0.2, 0.25) is 13.1 Å². The van der Waals surface area contributed by atoms with E-state index in [4.69, 9.17) is 0 Å². The van der Waals surface area contributed by atoms with E-state index in [9.17, 15) is 0 Å². The number of allylic oxidation sites excluding steroid dienone is 8. The van der Waals surface area contributed by atoms with Gasteiger partial charge < -0.3 is 0 Å². The molecule has 0 aliphatic heterocycles. The zero-order valence-electron chi connectivity index (χ0n) is 18.9. The van der Waals surface area contributed by atoms with E-state index in [1.54, 1.807) is 0 Å². The molecular weight excluding hydrogens is 422 g/mol. The summed E-state index contributed by atoms with van der Waals surface area (Å²) in [6.07, 6.45) is 6.87. The molecule has 0 nitrogen and oxygen atoms in total. The van der Waals surface area contributed by atoms with Crippen LogP contribution in [0, 0.1) is 23.0 Å². The molecule has 0 aromatic carbocycles. The van der Waals surface area contributed by atoms with Gasteiger partial charge in [0.15, 0.2) is 0 Å². The van der Waals surface area contributed by atoms with Crippen molar-refractivity contribution in [3.05, 3.63) is 45.6 Å². The molecule has 149 valence electrons. The van der Waals surface area contributed by atoms with Crippen molar-refractivity contribution in [3.8, 4) is 0 Å². The second kappa shape index (κ2) is 13.2. The quantitative estimate of drug-likeness (QED) is 0.268. The van der Waals surface area contributed by atoms with Crippen molar-refractivity contribution in [3.63, 3.8) is 0 Å². The molecular formula is C22H39F2SiZr. The van der Waals surface area contributed by atoms with E-state index in [1.165, 1.54) is 33.4 Å². The molecule has 0 spiro atoms. The van der Waals surface area contributed by atoms with Gasteiger partial charge in [-0.3, -0.25) is 21.6 Å². The van der Waals surface area contributed by atoms with Crippen molar-refractivity contribution in [1.29, 1.82) is 0 Å². The van der Waals surface area contributed by atoms with Crippen LogP contribution >= 0.6 is 0 Å². The third kappa shape index (κ3) is 8.74. The fraction of sp³-hybridized carbons (Fsp3) is 0.636. The molecule has 0 fully saturated rings. The van der Waals surface area contributed by atoms with Gasteiger partial charge in [-0.15, -0.1) is 13.8 Å². The molecule has 0 amide bonds. The average Bonchev–Trinajstić information content (AvgIpc) is 2.71. The molecule has 2 aliphatic rings. The largest absolute Gasteiger partial charge is 2.00 e. The van der Waals surface area contributed by atoms with Crippen LogP contribution in [0.25, 0.3) is 0 Å². The second-order valence-electron chi connectivity index (χ2n) is 7.83. The summed E-state index contributed by atoms with van der Waals surface area (Å²) in [4.78, 5) is 0. The van der Waals surface area contributed by atoms with Crippen LogP contribution in [0.4, 0.5) is 9.41 Å². The molecule has 0 saturated carbocycles. The third-order valence-electron chi connectivity index (χ3n) is 5.12. The fourth-order valence-electron chi connectivity index (χ4n) is 2.81. The third-order valence-corrected chi connectivity index (χ3v) is 5.12. The molecule has 2 rings (SSSR count). The van der Waals surface area contributed by atoms with Gasteiger partial charge in [0.1, 0.15) is 0 Å². The zero-order valence-corrected chi connectivity index (χ0v) is 22.5. The SMILES string of the molecule is CC1=[C-]C(C)(C)C(C)=C1C.CC1=[C-]C(C)(C)C(C)=C1C.C[SiH]C.F.F.[Zr+2]. The Labute approximate surface area is 183 Å². The molecule has 0 N–H and O–H groups in total. The molecule has 0 aromatic heterocycles. The Morgan fingerprint density at radius 1 is 0.615 bits per heavy atom. The summed E-state index contributed by atoms with van der Waals surface area (Å²) in [5.74, 6) is 0. The number of halogens is 2. The van der Waals surface area contributed by atoms with Gasteiger partial charge in [0.2, 0.25) is 0 Å². The molecule has 0 saturated heterocycles. The van der Waals surface area contributed by atoms with Gasteiger partial charge in [0.25, 0.3) is 0 Å². The summed E-state index contributed by atoms with van der Waals surface area (Å²) in [5.41, 5.74) is 8.79. The van der Waals surface area contributed by atoms with Crippen molar-refractivity contribution < 1.29 is 35.6 Å². The topological polar surface area (TPSA) is 0 Å². The van der Waals surface area contributed by atoms with E-state index in [1.807, 2.05) is 0 Å². The summed E-state index contributed by atoms with van der Waals surface area (Å²) in [7, 11) is 0.750. The first-order valence-corrected chi connectivity index (χ1v) is 11.0. The van der Waals surface area contributed by atoms with Crippen LogP contribution in [-0.4, -0.2) is 9.52 Å². The number of hydrogen-bond acceptors (Lipinski definition) is 0. The summed E-state index contributed by atoms with van der Waals surface area (Å²) in [6, 6.07) is 0. The van der Waals surface area contributed by atoms with Gasteiger partial charge in [-0.2, -0.15) is 22.3 Å². The molecule has 1 radical (unpaired) electrons. The van der Waals surface area contributed by atoms with Crippen molar-refractivity contribution in [2.75, 3.05) is 0 Å². The minimum absolute atomic E-state index is 0. The van der Waals surface area contributed by atoms with Crippen LogP contribution in [0.1, 0.15) is 69.2 Å². The maximum Gasteiger partial charge on any atom is 2.00 e. The van der Waals surface area contributed by atoms with Gasteiger partial charge in [-0.05, 0) is 0 Å². The first-order valence-electron chi connectivity index (χ1n) is 8.65. The Morgan fingerprint density at radius 2 is 0.808 bits per heavy atom. The van der Waals surface area contributed by atoms with Crippen molar-refractivity contribution >= 4 is 9.52 Å². The van der Waals surface area contributed by atoms with Crippen LogP contribution < -0.4 is 0 Å². The van der Waals surface area contributed by atoms with Crippen LogP contribution in [-0.2, 0) is 26.2 Å². The van der Waals surface area contributed by atoms with Crippen LogP contribution in [0.3, 0.4) is 0 Å². The molecule has 2 aliphatic carbocycles. The Hall–Kier alpha value is -0.0800. The van der Waals surface area contributed by atoms with E-state index >= 15 is 0 Å². The predicted octanol–water partition coefficient (Wildman–Crippen LogP) is 7.05. The minimum atomic E-state index is 0. The molecule has 0 bridgehead atoms. The monoisotopic (exact) mass is 459 g/mol. The summed E-state index contributed by atoms with van der Waals surface area (Å²) >= 11 is 0. The predicted molar refractivity (Wildman–Crippen MR) is 113 cm³/mol. The standard InChI is InChI=1S/2C10H15.C2H7Si.2FH.Zr/c2*1-7-6-10(4,5)9(3)8(7)2;1-3-2;;;/h2*1-5H3;3H,1-2H3;2*1H;/q2*-1;;;;+2. The minimum Gasteiger partial charge on any atom is -0.269 e. The van der Waals surface area contributed by atoms with Gasteiger partial charge in [-0.1, -0.05) is 79.3 Å². The molecule has 0 heterocycles. The molecule has 4 heteroatoms. The maximum absolute atomic E-state index is 3.44. The number of rotatable bonds is 0. The Balaban J connectivity index is -0.000000147. The van der Waals surface area contributed by atoms with Crippen LogP contribution in [0.15, 0.2) is 33.4 Å². The van der Waals surface area contributed by atoms with E-state index in [-0.39, 0.29) is 46.4 Å². The Morgan fingerprint density at radius 3 is 0.846 bits per heavy atom. The first-order chi connectivity index (χ1) is 10.3. The number of hydrogen-bond donors (Lipinski definition) is 0. The summed E-state index contributed by atoms with van der Waals surface area (Å²) < 4.78 is 0. The smallest absolute Gasteiger partial charge is 0.269 e. The van der Waals surface area contributed by atoms with Crippen molar-refractivity contribution in [1.82, 2.24) is 0 Å². The summed E-state index contributed by atoms with van der Waals surface area (Å²) in [6.45, 7) is 26.3. The molecule has 0 unspecified atom stereocenters. The van der Waals surface area contributed by atoms with E-state index in [0.29, 0.717) is 0 Å². The molecule has 26 heavy (non-hydrogen) atoms. The summed E-state index contributed by atoms with van der Waals surface area (Å²) in [5, 5.41) is 0. The fourth-order valence-corrected chi connectivity index (χ4v) is 2.81. The van der Waals surface area contributed by atoms with E-state index in [2.05, 4.69) is 94.5 Å². The maximum atomic E-state index is 3.44. The second-order valence-corrected chi connectivity index (χ2v) is 8.98. The van der Waals surface area contributed by atoms with Crippen molar-refractivity contribution in [2.45, 2.75) is 82.3 Å². The van der Waals surface area contributed by atoms with E-state index < -0.39 is 0 Å². The van der Waals surface area contributed by atoms with E-state index in [0.717, 1.165) is 9.52 Å². The average molecular weight is 461 g/mol. The molecule has 0 aromatic rings. The zero-order chi connectivity index (χ0) is 18.6. The van der Waals surface area contributed by atoms with Gasteiger partial charge in [-0.25, -0.2) is 11.1 Å². The van der Waals surface area contributed by atoms with Gasteiger partial charge in [0.05, 0.1) is 0 Å². The van der Waals surface area contributed by atoms with Crippen LogP contribution in [0.5, 0.6) is 0 Å². The van der Waals surface area contributed by atoms with Gasteiger partial charge in [0, 0.05) is 9.52 Å². The molecule has 0 atom stereocenters. The first kappa shape index (κ1) is 33.5. The van der Waals surface area contributed by atoms with Crippen molar-refractivity contribution in [2.24, 2.45) is 10.8 Å². The Bertz CT molecular complexity index is 515. The Kier molecular flexibility index (Phi) is 17.0. The van der Waals surface area contributed by atoms with Gasteiger partial charge >= 0.3 is 26.2 Å². The normalized spacial score (nSPS) is 18.8.